The average Bonchev–Trinajstić information content (AvgIpc) is 3.14. The predicted octanol–water partition coefficient (Wildman–Crippen LogP) is 1.05. The highest BCUT2D eigenvalue weighted by atomic mass is 16.4. The van der Waals surface area contributed by atoms with E-state index >= 15 is 0 Å². The molecule has 0 aromatic carbocycles. The fraction of sp³-hybridized carbons (Fsp3) is 0.800. The zero-order valence-electron chi connectivity index (χ0n) is 12.5. The maximum absolute atomic E-state index is 11.9. The molecule has 6 nitrogen and oxygen atoms in total. The van der Waals surface area contributed by atoms with E-state index in [0.29, 0.717) is 0 Å². The van der Waals surface area contributed by atoms with Crippen LogP contribution >= 0.6 is 0 Å². The topological polar surface area (TPSA) is 95.5 Å². The van der Waals surface area contributed by atoms with Crippen molar-refractivity contribution in [2.75, 3.05) is 6.54 Å². The van der Waals surface area contributed by atoms with Crippen molar-refractivity contribution >= 4 is 17.8 Å². The highest BCUT2D eigenvalue weighted by Gasteiger charge is 2.48. The Morgan fingerprint density at radius 3 is 2.29 bits per heavy atom. The molecule has 6 heteroatoms. The Kier molecular flexibility index (Phi) is 4.85. The largest absolute Gasteiger partial charge is 0.480 e. The van der Waals surface area contributed by atoms with Gasteiger partial charge in [0.2, 0.25) is 11.8 Å². The van der Waals surface area contributed by atoms with Gasteiger partial charge in [-0.15, -0.1) is 0 Å². The number of aliphatic carboxylic acids is 1. The Morgan fingerprint density at radius 1 is 1.14 bits per heavy atom. The van der Waals surface area contributed by atoms with Gasteiger partial charge in [0, 0.05) is 18.9 Å². The minimum atomic E-state index is -1.17. The maximum atomic E-state index is 11.9. The first kappa shape index (κ1) is 15.8. The van der Waals surface area contributed by atoms with Gasteiger partial charge in [-0.3, -0.25) is 9.59 Å². The number of carbonyl (C=O) groups is 3. The molecule has 0 aromatic heterocycles. The Balaban J connectivity index is 1.71. The van der Waals surface area contributed by atoms with Crippen LogP contribution in [0.5, 0.6) is 0 Å². The second kappa shape index (κ2) is 6.45. The van der Waals surface area contributed by atoms with E-state index in [1.165, 1.54) is 0 Å². The number of carboxylic acid groups (broad SMARTS) is 1. The van der Waals surface area contributed by atoms with E-state index in [1.54, 1.807) is 6.92 Å². The summed E-state index contributed by atoms with van der Waals surface area (Å²) in [6, 6.07) is 0. The van der Waals surface area contributed by atoms with E-state index in [9.17, 15) is 19.5 Å². The van der Waals surface area contributed by atoms with Crippen molar-refractivity contribution < 1.29 is 19.5 Å². The molecule has 1 atom stereocenters. The van der Waals surface area contributed by atoms with Crippen LogP contribution in [0.1, 0.15) is 51.9 Å². The van der Waals surface area contributed by atoms with Gasteiger partial charge in [-0.05, 0) is 38.5 Å². The SMILES string of the molecule is CC(NC(=O)CCNC(=O)C1CCCC1)(C(=O)O)C1CC1. The summed E-state index contributed by atoms with van der Waals surface area (Å²) < 4.78 is 0. The second-order valence-electron chi connectivity index (χ2n) is 6.35. The number of amides is 2. The summed E-state index contributed by atoms with van der Waals surface area (Å²) >= 11 is 0. The van der Waals surface area contributed by atoms with Crippen molar-refractivity contribution in [2.45, 2.75) is 57.4 Å². The molecule has 2 amide bonds. The molecular weight excluding hydrogens is 272 g/mol. The quantitative estimate of drug-likeness (QED) is 0.654. The number of carbonyl (C=O) groups excluding carboxylic acids is 2. The lowest BCUT2D eigenvalue weighted by Gasteiger charge is -2.26. The third kappa shape index (κ3) is 3.95. The van der Waals surface area contributed by atoms with E-state index in [0.717, 1.165) is 38.5 Å². The van der Waals surface area contributed by atoms with Gasteiger partial charge in [0.05, 0.1) is 0 Å². The summed E-state index contributed by atoms with van der Waals surface area (Å²) in [6.07, 6.45) is 5.83. The van der Waals surface area contributed by atoms with Gasteiger partial charge < -0.3 is 15.7 Å². The number of carboxylic acids is 1. The molecule has 2 aliphatic carbocycles. The molecule has 118 valence electrons. The van der Waals surface area contributed by atoms with Crippen molar-refractivity contribution in [1.82, 2.24) is 10.6 Å². The van der Waals surface area contributed by atoms with Crippen LogP contribution in [0.4, 0.5) is 0 Å². The monoisotopic (exact) mass is 296 g/mol. The molecule has 21 heavy (non-hydrogen) atoms. The average molecular weight is 296 g/mol. The van der Waals surface area contributed by atoms with Gasteiger partial charge in [-0.25, -0.2) is 4.79 Å². The molecule has 2 aliphatic rings. The van der Waals surface area contributed by atoms with Gasteiger partial charge in [0.1, 0.15) is 5.54 Å². The number of hydrogen-bond donors (Lipinski definition) is 3. The zero-order chi connectivity index (χ0) is 15.5. The Bertz CT molecular complexity index is 427. The summed E-state index contributed by atoms with van der Waals surface area (Å²) in [5.74, 6) is -1.19. The van der Waals surface area contributed by atoms with Gasteiger partial charge >= 0.3 is 5.97 Å². The molecule has 0 spiro atoms. The molecule has 0 aromatic rings. The highest BCUT2D eigenvalue weighted by Crippen LogP contribution is 2.39. The lowest BCUT2D eigenvalue weighted by atomic mass is 9.96. The molecule has 2 saturated carbocycles. The summed E-state index contributed by atoms with van der Waals surface area (Å²) in [5, 5.41) is 14.6. The third-order valence-electron chi connectivity index (χ3n) is 4.61. The van der Waals surface area contributed by atoms with Gasteiger partial charge in [-0.1, -0.05) is 12.8 Å². The van der Waals surface area contributed by atoms with Crippen LogP contribution in [0.3, 0.4) is 0 Å². The molecule has 2 fully saturated rings. The van der Waals surface area contributed by atoms with E-state index in [1.807, 2.05) is 0 Å². The van der Waals surface area contributed by atoms with E-state index in [4.69, 9.17) is 0 Å². The van der Waals surface area contributed by atoms with Gasteiger partial charge in [-0.2, -0.15) is 0 Å². The van der Waals surface area contributed by atoms with Crippen LogP contribution in [-0.2, 0) is 14.4 Å². The molecular formula is C15H24N2O4. The summed E-state index contributed by atoms with van der Waals surface area (Å²) in [7, 11) is 0. The fourth-order valence-corrected chi connectivity index (χ4v) is 2.97. The Hall–Kier alpha value is -1.59. The smallest absolute Gasteiger partial charge is 0.329 e. The predicted molar refractivity (Wildman–Crippen MR) is 76.5 cm³/mol. The maximum Gasteiger partial charge on any atom is 0.329 e. The van der Waals surface area contributed by atoms with E-state index in [2.05, 4.69) is 10.6 Å². The molecule has 0 radical (unpaired) electrons. The molecule has 0 bridgehead atoms. The van der Waals surface area contributed by atoms with Crippen LogP contribution < -0.4 is 10.6 Å². The van der Waals surface area contributed by atoms with Crippen molar-refractivity contribution in [3.05, 3.63) is 0 Å². The van der Waals surface area contributed by atoms with Crippen LogP contribution in [0.25, 0.3) is 0 Å². The third-order valence-corrected chi connectivity index (χ3v) is 4.61. The minimum absolute atomic E-state index is 0.0171. The Labute approximate surface area is 124 Å². The highest BCUT2D eigenvalue weighted by molar-refractivity contribution is 5.87. The first-order valence-electron chi connectivity index (χ1n) is 7.75. The summed E-state index contributed by atoms with van der Waals surface area (Å²) in [6.45, 7) is 1.82. The van der Waals surface area contributed by atoms with E-state index < -0.39 is 11.5 Å². The molecule has 0 heterocycles. The van der Waals surface area contributed by atoms with Crippen molar-refractivity contribution in [2.24, 2.45) is 11.8 Å². The molecule has 0 aliphatic heterocycles. The summed E-state index contributed by atoms with van der Waals surface area (Å²) in [4.78, 5) is 35.0. The van der Waals surface area contributed by atoms with Crippen LogP contribution in [-0.4, -0.2) is 35.0 Å². The van der Waals surface area contributed by atoms with Gasteiger partial charge in [0.25, 0.3) is 0 Å². The number of nitrogens with one attached hydrogen (secondary N) is 2. The summed E-state index contributed by atoms with van der Waals surface area (Å²) in [5.41, 5.74) is -1.17. The van der Waals surface area contributed by atoms with Crippen molar-refractivity contribution in [1.29, 1.82) is 0 Å². The zero-order valence-corrected chi connectivity index (χ0v) is 12.5. The Morgan fingerprint density at radius 2 is 1.76 bits per heavy atom. The lowest BCUT2D eigenvalue weighted by Crippen LogP contribution is -2.54. The molecule has 1 unspecified atom stereocenters. The van der Waals surface area contributed by atoms with E-state index in [-0.39, 0.29) is 36.6 Å². The van der Waals surface area contributed by atoms with Crippen molar-refractivity contribution in [3.8, 4) is 0 Å². The molecule has 0 saturated heterocycles. The normalized spacial score (nSPS) is 21.6. The number of hydrogen-bond acceptors (Lipinski definition) is 3. The van der Waals surface area contributed by atoms with Crippen molar-refractivity contribution in [3.63, 3.8) is 0 Å². The van der Waals surface area contributed by atoms with Crippen LogP contribution in [0.2, 0.25) is 0 Å². The second-order valence-corrected chi connectivity index (χ2v) is 6.35. The number of rotatable bonds is 7. The standard InChI is InChI=1S/C15H24N2O4/c1-15(14(20)21,11-6-7-11)17-12(18)8-9-16-13(19)10-4-2-3-5-10/h10-11H,2-9H2,1H3,(H,16,19)(H,17,18)(H,20,21). The van der Waals surface area contributed by atoms with Crippen LogP contribution in [0.15, 0.2) is 0 Å². The minimum Gasteiger partial charge on any atom is -0.480 e. The van der Waals surface area contributed by atoms with Gasteiger partial charge in [0.15, 0.2) is 0 Å². The molecule has 2 rings (SSSR count). The first-order valence-corrected chi connectivity index (χ1v) is 7.75. The first-order chi connectivity index (χ1) is 9.93. The lowest BCUT2D eigenvalue weighted by molar-refractivity contribution is -0.148. The molecule has 3 N–H and O–H groups in total. The fourth-order valence-electron chi connectivity index (χ4n) is 2.97. The van der Waals surface area contributed by atoms with Crippen LogP contribution in [0, 0.1) is 11.8 Å².